The van der Waals surface area contributed by atoms with Gasteiger partial charge < -0.3 is 10.1 Å². The molecule has 0 aliphatic carbocycles. The molecule has 0 aliphatic heterocycles. The Morgan fingerprint density at radius 1 is 1.14 bits per heavy atom. The molecule has 2 rings (SSSR count). The van der Waals surface area contributed by atoms with Gasteiger partial charge in [0.25, 0.3) is 0 Å². The summed E-state index contributed by atoms with van der Waals surface area (Å²) < 4.78 is 5.21. The van der Waals surface area contributed by atoms with Gasteiger partial charge in [-0.3, -0.25) is 4.79 Å². The van der Waals surface area contributed by atoms with Crippen molar-refractivity contribution in [1.29, 1.82) is 0 Å². The summed E-state index contributed by atoms with van der Waals surface area (Å²) in [6.07, 6.45) is 0.335. The number of benzene rings is 2. The van der Waals surface area contributed by atoms with Gasteiger partial charge >= 0.3 is 5.97 Å². The molecule has 0 aliphatic rings. The molecule has 2 aromatic rings. The number of hydrogen-bond acceptors (Lipinski definition) is 3. The highest BCUT2D eigenvalue weighted by Gasteiger charge is 2.04. The number of carbonyl (C=O) groups is 1. The van der Waals surface area contributed by atoms with E-state index in [2.05, 4.69) is 5.32 Å². The third-order valence-electron chi connectivity index (χ3n) is 3.10. The first-order valence-electron chi connectivity index (χ1n) is 6.85. The summed E-state index contributed by atoms with van der Waals surface area (Å²) in [6, 6.07) is 15.2. The van der Waals surface area contributed by atoms with Crippen LogP contribution in [-0.2, 0) is 16.1 Å². The van der Waals surface area contributed by atoms with Crippen molar-refractivity contribution in [2.75, 3.05) is 11.9 Å². The summed E-state index contributed by atoms with van der Waals surface area (Å²) in [5.74, 6) is -0.217. The molecule has 110 valence electrons. The molecule has 0 saturated carbocycles. The van der Waals surface area contributed by atoms with Crippen LogP contribution >= 0.6 is 11.6 Å². The predicted octanol–water partition coefficient (Wildman–Crippen LogP) is 4.19. The predicted molar refractivity (Wildman–Crippen MR) is 85.5 cm³/mol. The zero-order chi connectivity index (χ0) is 15.1. The van der Waals surface area contributed by atoms with Gasteiger partial charge in [-0.15, -0.1) is 0 Å². The molecule has 0 spiro atoms. The number of para-hydroxylation sites is 1. The first-order valence-corrected chi connectivity index (χ1v) is 7.22. The van der Waals surface area contributed by atoms with Crippen LogP contribution in [0.1, 0.15) is 17.5 Å². The van der Waals surface area contributed by atoms with E-state index < -0.39 is 0 Å². The fourth-order valence-corrected chi connectivity index (χ4v) is 2.01. The summed E-state index contributed by atoms with van der Waals surface area (Å²) in [7, 11) is 0. The van der Waals surface area contributed by atoms with Crippen LogP contribution in [0.5, 0.6) is 0 Å². The molecular formula is C17H18ClNO2. The number of nitrogens with one attached hydrogen (secondary N) is 1. The Kier molecular flexibility index (Phi) is 5.64. The van der Waals surface area contributed by atoms with E-state index in [0.29, 0.717) is 18.0 Å². The summed E-state index contributed by atoms with van der Waals surface area (Å²) >= 11 is 5.80. The van der Waals surface area contributed by atoms with Gasteiger partial charge in [0, 0.05) is 17.3 Å². The second-order valence-corrected chi connectivity index (χ2v) is 5.22. The largest absolute Gasteiger partial charge is 0.461 e. The lowest BCUT2D eigenvalue weighted by molar-refractivity contribution is -0.144. The molecule has 21 heavy (non-hydrogen) atoms. The number of hydrogen-bond donors (Lipinski definition) is 1. The van der Waals surface area contributed by atoms with Crippen LogP contribution in [-0.4, -0.2) is 12.5 Å². The van der Waals surface area contributed by atoms with Gasteiger partial charge in [0.05, 0.1) is 6.42 Å². The smallest absolute Gasteiger partial charge is 0.307 e. The van der Waals surface area contributed by atoms with Crippen molar-refractivity contribution in [2.45, 2.75) is 20.0 Å². The zero-order valence-electron chi connectivity index (χ0n) is 11.9. The fraction of sp³-hybridized carbons (Fsp3) is 0.235. The lowest BCUT2D eigenvalue weighted by Crippen LogP contribution is -2.12. The third kappa shape index (κ3) is 5.12. The topological polar surface area (TPSA) is 38.3 Å². The van der Waals surface area contributed by atoms with Gasteiger partial charge in [-0.25, -0.2) is 0 Å². The molecule has 1 N–H and O–H groups in total. The van der Waals surface area contributed by atoms with Crippen molar-refractivity contribution >= 4 is 23.3 Å². The van der Waals surface area contributed by atoms with E-state index in [-0.39, 0.29) is 12.6 Å². The van der Waals surface area contributed by atoms with E-state index in [1.807, 2.05) is 43.3 Å². The first-order chi connectivity index (χ1) is 10.1. The molecule has 0 aromatic heterocycles. The average Bonchev–Trinajstić information content (AvgIpc) is 2.49. The van der Waals surface area contributed by atoms with Gasteiger partial charge in [-0.2, -0.15) is 0 Å². The van der Waals surface area contributed by atoms with Crippen LogP contribution in [0.2, 0.25) is 5.02 Å². The van der Waals surface area contributed by atoms with Crippen LogP contribution < -0.4 is 5.32 Å². The molecule has 0 fully saturated rings. The van der Waals surface area contributed by atoms with Crippen molar-refractivity contribution in [3.05, 3.63) is 64.7 Å². The van der Waals surface area contributed by atoms with Gasteiger partial charge in [-0.05, 0) is 36.2 Å². The molecule has 0 unspecified atom stereocenters. The molecule has 0 amide bonds. The van der Waals surface area contributed by atoms with Gasteiger partial charge in [0.1, 0.15) is 6.61 Å². The summed E-state index contributed by atoms with van der Waals surface area (Å²) in [5.41, 5.74) is 3.13. The third-order valence-corrected chi connectivity index (χ3v) is 3.35. The van der Waals surface area contributed by atoms with Crippen molar-refractivity contribution < 1.29 is 9.53 Å². The van der Waals surface area contributed by atoms with E-state index in [1.54, 1.807) is 12.1 Å². The second kappa shape index (κ2) is 7.70. The standard InChI is InChI=1S/C17H18ClNO2/c1-13-4-2-3-5-16(13)19-11-10-17(20)21-12-14-6-8-15(18)9-7-14/h2-9,19H,10-12H2,1H3. The number of ether oxygens (including phenoxy) is 1. The van der Waals surface area contributed by atoms with Crippen molar-refractivity contribution in [3.63, 3.8) is 0 Å². The second-order valence-electron chi connectivity index (χ2n) is 4.78. The molecule has 0 atom stereocenters. The number of halogens is 1. The Labute approximate surface area is 129 Å². The van der Waals surface area contributed by atoms with E-state index >= 15 is 0 Å². The zero-order valence-corrected chi connectivity index (χ0v) is 12.7. The normalized spacial score (nSPS) is 10.2. The maximum absolute atomic E-state index is 11.7. The van der Waals surface area contributed by atoms with Gasteiger partial charge in [0.2, 0.25) is 0 Å². The maximum atomic E-state index is 11.7. The Bertz CT molecular complexity index is 596. The van der Waals surface area contributed by atoms with Gasteiger partial charge in [-0.1, -0.05) is 41.9 Å². The highest BCUT2D eigenvalue weighted by atomic mass is 35.5. The highest BCUT2D eigenvalue weighted by molar-refractivity contribution is 6.30. The summed E-state index contributed by atoms with van der Waals surface area (Å²) in [5, 5.41) is 3.90. The van der Waals surface area contributed by atoms with Gasteiger partial charge in [0.15, 0.2) is 0 Å². The molecule has 0 heterocycles. The summed E-state index contributed by atoms with van der Waals surface area (Å²) in [4.78, 5) is 11.7. The lowest BCUT2D eigenvalue weighted by Gasteiger charge is -2.09. The molecule has 4 heteroatoms. The highest BCUT2D eigenvalue weighted by Crippen LogP contribution is 2.13. The molecule has 3 nitrogen and oxygen atoms in total. The van der Waals surface area contributed by atoms with Crippen LogP contribution in [0.25, 0.3) is 0 Å². The SMILES string of the molecule is Cc1ccccc1NCCC(=O)OCc1ccc(Cl)cc1. The van der Waals surface area contributed by atoms with E-state index in [4.69, 9.17) is 16.3 Å². The van der Waals surface area contributed by atoms with Crippen molar-refractivity contribution in [3.8, 4) is 0 Å². The van der Waals surface area contributed by atoms with Crippen LogP contribution in [0, 0.1) is 6.92 Å². The number of aryl methyl sites for hydroxylation is 1. The number of rotatable bonds is 6. The average molecular weight is 304 g/mol. The quantitative estimate of drug-likeness (QED) is 0.813. The van der Waals surface area contributed by atoms with Crippen LogP contribution in [0.4, 0.5) is 5.69 Å². The minimum Gasteiger partial charge on any atom is -0.461 e. The minimum absolute atomic E-state index is 0.217. The number of esters is 1. The summed E-state index contributed by atoms with van der Waals surface area (Å²) in [6.45, 7) is 2.87. The lowest BCUT2D eigenvalue weighted by atomic mass is 10.2. The van der Waals surface area contributed by atoms with Crippen molar-refractivity contribution in [2.24, 2.45) is 0 Å². The molecule has 0 saturated heterocycles. The monoisotopic (exact) mass is 303 g/mol. The van der Waals surface area contributed by atoms with E-state index in [1.165, 1.54) is 0 Å². The number of carbonyl (C=O) groups excluding carboxylic acids is 1. The molecule has 2 aromatic carbocycles. The number of anilines is 1. The maximum Gasteiger partial charge on any atom is 0.307 e. The molecule has 0 bridgehead atoms. The van der Waals surface area contributed by atoms with Crippen molar-refractivity contribution in [1.82, 2.24) is 0 Å². The fourth-order valence-electron chi connectivity index (χ4n) is 1.89. The Morgan fingerprint density at radius 2 is 1.86 bits per heavy atom. The van der Waals surface area contributed by atoms with Crippen LogP contribution in [0.3, 0.4) is 0 Å². The Hall–Kier alpha value is -2.00. The van der Waals surface area contributed by atoms with Crippen LogP contribution in [0.15, 0.2) is 48.5 Å². The Balaban J connectivity index is 1.70. The molecule has 0 radical (unpaired) electrons. The first kappa shape index (κ1) is 15.4. The minimum atomic E-state index is -0.217. The van der Waals surface area contributed by atoms with E-state index in [9.17, 15) is 4.79 Å². The Morgan fingerprint density at radius 3 is 2.57 bits per heavy atom. The molecular weight excluding hydrogens is 286 g/mol. The van der Waals surface area contributed by atoms with E-state index in [0.717, 1.165) is 16.8 Å².